The van der Waals surface area contributed by atoms with Gasteiger partial charge in [-0.25, -0.2) is 4.39 Å². The molecule has 2 aromatic rings. The minimum atomic E-state index is -0.596. The number of nitrogens with zero attached hydrogens (tertiary/aromatic N) is 2. The van der Waals surface area contributed by atoms with Crippen molar-refractivity contribution in [3.63, 3.8) is 0 Å². The van der Waals surface area contributed by atoms with Gasteiger partial charge in [-0.3, -0.25) is 4.79 Å². The zero-order valence-electron chi connectivity index (χ0n) is 13.1. The van der Waals surface area contributed by atoms with Gasteiger partial charge in [0.25, 0.3) is 0 Å². The molecule has 0 unspecified atom stereocenters. The summed E-state index contributed by atoms with van der Waals surface area (Å²) in [5.41, 5.74) is 5.96. The highest BCUT2D eigenvalue weighted by Gasteiger charge is 2.38. The van der Waals surface area contributed by atoms with Crippen LogP contribution in [0.2, 0.25) is 0 Å². The number of ether oxygens (including phenoxy) is 1. The second kappa shape index (κ2) is 7.23. The highest BCUT2D eigenvalue weighted by Crippen LogP contribution is 2.31. The van der Waals surface area contributed by atoms with E-state index in [4.69, 9.17) is 10.5 Å². The summed E-state index contributed by atoms with van der Waals surface area (Å²) in [7, 11) is 0. The monoisotopic (exact) mass is 350 g/mol. The number of halogens is 1. The van der Waals surface area contributed by atoms with E-state index in [-0.39, 0.29) is 11.7 Å². The predicted molar refractivity (Wildman–Crippen MR) is 89.3 cm³/mol. The molecule has 24 heavy (non-hydrogen) atoms. The van der Waals surface area contributed by atoms with Crippen molar-refractivity contribution < 1.29 is 13.9 Å². The van der Waals surface area contributed by atoms with E-state index in [9.17, 15) is 9.18 Å². The fourth-order valence-electron chi connectivity index (χ4n) is 2.69. The number of rotatable bonds is 6. The van der Waals surface area contributed by atoms with E-state index in [0.717, 1.165) is 10.6 Å². The summed E-state index contributed by atoms with van der Waals surface area (Å²) in [5.74, 6) is -0.569. The van der Waals surface area contributed by atoms with Crippen molar-refractivity contribution in [2.75, 3.05) is 25.1 Å². The third kappa shape index (κ3) is 3.88. The van der Waals surface area contributed by atoms with E-state index in [2.05, 4.69) is 15.5 Å². The highest BCUT2D eigenvalue weighted by atomic mass is 32.1. The second-order valence-electron chi connectivity index (χ2n) is 5.91. The Labute approximate surface area is 143 Å². The minimum absolute atomic E-state index is 0.258. The molecule has 0 spiro atoms. The zero-order chi connectivity index (χ0) is 17.0. The molecule has 6 nitrogen and oxygen atoms in total. The van der Waals surface area contributed by atoms with Crippen molar-refractivity contribution >= 4 is 22.4 Å². The molecule has 1 aliphatic heterocycles. The van der Waals surface area contributed by atoms with Crippen LogP contribution in [0.5, 0.6) is 0 Å². The van der Waals surface area contributed by atoms with Crippen LogP contribution in [-0.2, 0) is 16.0 Å². The molecule has 1 saturated heterocycles. The molecule has 1 aromatic carbocycles. The SMILES string of the molecule is NC(=O)C1(CNc2nnc(Cc3ccc(F)cc3)s2)CCOCC1. The van der Waals surface area contributed by atoms with Crippen LogP contribution in [0.15, 0.2) is 24.3 Å². The summed E-state index contributed by atoms with van der Waals surface area (Å²) in [6.07, 6.45) is 1.81. The van der Waals surface area contributed by atoms with Gasteiger partial charge in [0.05, 0.1) is 5.41 Å². The Morgan fingerprint density at radius 2 is 2.00 bits per heavy atom. The first-order valence-corrected chi connectivity index (χ1v) is 8.57. The lowest BCUT2D eigenvalue weighted by atomic mass is 9.79. The van der Waals surface area contributed by atoms with Crippen LogP contribution in [-0.4, -0.2) is 35.9 Å². The summed E-state index contributed by atoms with van der Waals surface area (Å²) >= 11 is 1.42. The summed E-state index contributed by atoms with van der Waals surface area (Å²) < 4.78 is 18.2. The number of nitrogens with two attached hydrogens (primary N) is 1. The van der Waals surface area contributed by atoms with E-state index >= 15 is 0 Å². The average Bonchev–Trinajstić information content (AvgIpc) is 3.03. The Bertz CT molecular complexity index is 698. The van der Waals surface area contributed by atoms with Crippen LogP contribution >= 0.6 is 11.3 Å². The lowest BCUT2D eigenvalue weighted by Crippen LogP contribution is -2.46. The maximum Gasteiger partial charge on any atom is 0.225 e. The van der Waals surface area contributed by atoms with E-state index in [1.54, 1.807) is 12.1 Å². The Morgan fingerprint density at radius 1 is 1.29 bits per heavy atom. The van der Waals surface area contributed by atoms with E-state index in [1.165, 1.54) is 23.5 Å². The number of amides is 1. The third-order valence-electron chi connectivity index (χ3n) is 4.29. The highest BCUT2D eigenvalue weighted by molar-refractivity contribution is 7.15. The maximum absolute atomic E-state index is 12.9. The van der Waals surface area contributed by atoms with Crippen molar-refractivity contribution in [2.24, 2.45) is 11.1 Å². The van der Waals surface area contributed by atoms with Crippen molar-refractivity contribution in [1.82, 2.24) is 10.2 Å². The normalized spacial score (nSPS) is 16.7. The molecule has 3 N–H and O–H groups in total. The first-order chi connectivity index (χ1) is 11.6. The summed E-state index contributed by atoms with van der Waals surface area (Å²) in [6.45, 7) is 1.50. The summed E-state index contributed by atoms with van der Waals surface area (Å²) in [4.78, 5) is 11.8. The van der Waals surface area contributed by atoms with Crippen LogP contribution in [0.4, 0.5) is 9.52 Å². The third-order valence-corrected chi connectivity index (χ3v) is 5.17. The number of primary amides is 1. The average molecular weight is 350 g/mol. The zero-order valence-corrected chi connectivity index (χ0v) is 13.9. The Kier molecular flexibility index (Phi) is 5.06. The lowest BCUT2D eigenvalue weighted by Gasteiger charge is -2.34. The second-order valence-corrected chi connectivity index (χ2v) is 6.98. The Balaban J connectivity index is 1.61. The number of carbonyl (C=O) groups is 1. The lowest BCUT2D eigenvalue weighted by molar-refractivity contribution is -0.132. The minimum Gasteiger partial charge on any atom is -0.381 e. The van der Waals surface area contributed by atoms with E-state index in [1.807, 2.05) is 0 Å². The van der Waals surface area contributed by atoms with E-state index < -0.39 is 5.41 Å². The molecule has 128 valence electrons. The number of aromatic nitrogens is 2. The van der Waals surface area contributed by atoms with Crippen LogP contribution in [0.25, 0.3) is 0 Å². The fraction of sp³-hybridized carbons (Fsp3) is 0.438. The van der Waals surface area contributed by atoms with Crippen LogP contribution in [0.3, 0.4) is 0 Å². The van der Waals surface area contributed by atoms with Gasteiger partial charge in [0.2, 0.25) is 11.0 Å². The molecule has 1 aromatic heterocycles. The Hall–Kier alpha value is -2.06. The maximum atomic E-state index is 12.9. The molecular formula is C16H19FN4O2S. The van der Waals surface area contributed by atoms with Gasteiger partial charge in [-0.15, -0.1) is 10.2 Å². The van der Waals surface area contributed by atoms with Gasteiger partial charge in [0, 0.05) is 26.2 Å². The van der Waals surface area contributed by atoms with Gasteiger partial charge >= 0.3 is 0 Å². The van der Waals surface area contributed by atoms with Crippen LogP contribution < -0.4 is 11.1 Å². The van der Waals surface area contributed by atoms with Crippen molar-refractivity contribution in [3.05, 3.63) is 40.7 Å². The first kappa shape index (κ1) is 16.8. The standard InChI is InChI=1S/C16H19FN4O2S/c17-12-3-1-11(2-4-12)9-13-20-21-15(24-13)19-10-16(14(18)22)5-7-23-8-6-16/h1-4H,5-10H2,(H2,18,22)(H,19,21). The Morgan fingerprint density at radius 3 is 2.67 bits per heavy atom. The molecule has 0 atom stereocenters. The van der Waals surface area contributed by atoms with E-state index in [0.29, 0.717) is 44.2 Å². The largest absolute Gasteiger partial charge is 0.381 e. The van der Waals surface area contributed by atoms with Crippen LogP contribution in [0, 0.1) is 11.2 Å². The molecule has 1 amide bonds. The molecule has 0 bridgehead atoms. The van der Waals surface area contributed by atoms with Crippen LogP contribution in [0.1, 0.15) is 23.4 Å². The first-order valence-electron chi connectivity index (χ1n) is 7.76. The van der Waals surface area contributed by atoms with Gasteiger partial charge in [-0.05, 0) is 30.5 Å². The molecule has 0 radical (unpaired) electrons. The number of benzene rings is 1. The molecule has 8 heteroatoms. The number of hydrogen-bond donors (Lipinski definition) is 2. The molecule has 2 heterocycles. The molecule has 3 rings (SSSR count). The summed E-state index contributed by atoms with van der Waals surface area (Å²) in [5, 5.41) is 12.9. The molecule has 0 aliphatic carbocycles. The number of hydrogen-bond acceptors (Lipinski definition) is 6. The van der Waals surface area contributed by atoms with Gasteiger partial charge in [-0.2, -0.15) is 0 Å². The van der Waals surface area contributed by atoms with Crippen molar-refractivity contribution in [2.45, 2.75) is 19.3 Å². The number of nitrogens with one attached hydrogen (secondary N) is 1. The topological polar surface area (TPSA) is 90.1 Å². The molecule has 1 fully saturated rings. The molecule has 0 saturated carbocycles. The summed E-state index contributed by atoms with van der Waals surface area (Å²) in [6, 6.07) is 6.32. The quantitative estimate of drug-likeness (QED) is 0.831. The van der Waals surface area contributed by atoms with Crippen molar-refractivity contribution in [1.29, 1.82) is 0 Å². The predicted octanol–water partition coefficient (Wildman–Crippen LogP) is 1.96. The van der Waals surface area contributed by atoms with Gasteiger partial charge < -0.3 is 15.8 Å². The van der Waals surface area contributed by atoms with Gasteiger partial charge in [0.1, 0.15) is 10.8 Å². The number of carbonyl (C=O) groups excluding carboxylic acids is 1. The van der Waals surface area contributed by atoms with Gasteiger partial charge in [-0.1, -0.05) is 23.5 Å². The molecule has 1 aliphatic rings. The fourth-order valence-corrected chi connectivity index (χ4v) is 3.46. The van der Waals surface area contributed by atoms with Gasteiger partial charge in [0.15, 0.2) is 0 Å². The van der Waals surface area contributed by atoms with Crippen molar-refractivity contribution in [3.8, 4) is 0 Å². The molecular weight excluding hydrogens is 331 g/mol. The number of anilines is 1. The smallest absolute Gasteiger partial charge is 0.225 e.